The maximum atomic E-state index is 14.0. The van der Waals surface area contributed by atoms with Crippen LogP contribution in [0.15, 0.2) is 42.5 Å². The highest BCUT2D eigenvalue weighted by atomic mass is 19.1. The Hall–Kier alpha value is -2.89. The molecule has 0 amide bonds. The van der Waals surface area contributed by atoms with E-state index in [9.17, 15) is 9.18 Å². The Bertz CT molecular complexity index is 842. The molecule has 0 saturated carbocycles. The summed E-state index contributed by atoms with van der Waals surface area (Å²) in [4.78, 5) is 15.4. The van der Waals surface area contributed by atoms with E-state index in [1.54, 1.807) is 36.4 Å². The fourth-order valence-corrected chi connectivity index (χ4v) is 2.31. The minimum absolute atomic E-state index is 0.245. The molecule has 6 heteroatoms. The first-order valence-electron chi connectivity index (χ1n) is 6.29. The van der Waals surface area contributed by atoms with E-state index in [4.69, 9.17) is 10.8 Å². The van der Waals surface area contributed by atoms with Crippen LogP contribution >= 0.6 is 0 Å². The molecule has 0 aliphatic carbocycles. The Morgan fingerprint density at radius 3 is 2.71 bits per heavy atom. The van der Waals surface area contributed by atoms with E-state index in [0.717, 1.165) is 0 Å². The molecule has 0 unspecified atom stereocenters. The molecule has 0 saturated heterocycles. The Morgan fingerprint density at radius 1 is 1.24 bits per heavy atom. The molecule has 0 radical (unpaired) electrons. The van der Waals surface area contributed by atoms with Crippen molar-refractivity contribution < 1.29 is 14.3 Å². The summed E-state index contributed by atoms with van der Waals surface area (Å²) < 4.78 is 15.4. The molecule has 0 bridgehead atoms. The van der Waals surface area contributed by atoms with Crippen LogP contribution in [0.2, 0.25) is 0 Å². The number of hydrogen-bond acceptors (Lipinski definition) is 3. The van der Waals surface area contributed by atoms with Crippen molar-refractivity contribution in [2.45, 2.75) is 6.54 Å². The van der Waals surface area contributed by atoms with Gasteiger partial charge < -0.3 is 15.4 Å². The Balaban J connectivity index is 2.33. The van der Waals surface area contributed by atoms with Gasteiger partial charge in [-0.15, -0.1) is 0 Å². The smallest absolute Gasteiger partial charge is 0.323 e. The predicted octanol–water partition coefficient (Wildman–Crippen LogP) is 2.51. The molecule has 1 heterocycles. The lowest BCUT2D eigenvalue weighted by atomic mass is 10.2. The minimum Gasteiger partial charge on any atom is -0.480 e. The zero-order valence-electron chi connectivity index (χ0n) is 11.0. The number of nitrogen functional groups attached to an aromatic ring is 1. The normalized spacial score (nSPS) is 10.9. The van der Waals surface area contributed by atoms with Crippen molar-refractivity contribution in [3.63, 3.8) is 0 Å². The highest BCUT2D eigenvalue weighted by Crippen LogP contribution is 2.29. The van der Waals surface area contributed by atoms with Crippen molar-refractivity contribution in [2.75, 3.05) is 5.73 Å². The predicted molar refractivity (Wildman–Crippen MR) is 77.2 cm³/mol. The van der Waals surface area contributed by atoms with Crippen LogP contribution in [0.25, 0.3) is 22.4 Å². The molecule has 0 aliphatic rings. The van der Waals surface area contributed by atoms with Crippen LogP contribution in [0.1, 0.15) is 0 Å². The lowest BCUT2D eigenvalue weighted by Crippen LogP contribution is -2.10. The molecule has 0 aliphatic heterocycles. The second-order valence-corrected chi connectivity index (χ2v) is 4.61. The largest absolute Gasteiger partial charge is 0.480 e. The highest BCUT2D eigenvalue weighted by molar-refractivity contribution is 5.91. The van der Waals surface area contributed by atoms with E-state index >= 15 is 0 Å². The maximum absolute atomic E-state index is 14.0. The average Bonchev–Trinajstić information content (AvgIpc) is 2.79. The van der Waals surface area contributed by atoms with Gasteiger partial charge in [0.1, 0.15) is 23.7 Å². The van der Waals surface area contributed by atoms with Gasteiger partial charge in [-0.2, -0.15) is 0 Å². The SMILES string of the molecule is Nc1cccc2c1nc(-c1ccccc1F)n2CC(=O)O. The van der Waals surface area contributed by atoms with Gasteiger partial charge in [-0.1, -0.05) is 18.2 Å². The number of anilines is 1. The number of nitrogens with two attached hydrogens (primary N) is 1. The number of imidazole rings is 1. The van der Waals surface area contributed by atoms with E-state index in [0.29, 0.717) is 16.7 Å². The Kier molecular flexibility index (Phi) is 3.06. The number of hydrogen-bond donors (Lipinski definition) is 2. The van der Waals surface area contributed by atoms with Gasteiger partial charge in [0, 0.05) is 0 Å². The fraction of sp³-hybridized carbons (Fsp3) is 0.0667. The molecule has 0 spiro atoms. The number of para-hydroxylation sites is 1. The van der Waals surface area contributed by atoms with Crippen LogP contribution in [-0.2, 0) is 11.3 Å². The maximum Gasteiger partial charge on any atom is 0.323 e. The number of rotatable bonds is 3. The second kappa shape index (κ2) is 4.90. The van der Waals surface area contributed by atoms with Crippen molar-refractivity contribution in [2.24, 2.45) is 0 Å². The van der Waals surface area contributed by atoms with E-state index < -0.39 is 11.8 Å². The quantitative estimate of drug-likeness (QED) is 0.724. The number of nitrogens with zero attached hydrogens (tertiary/aromatic N) is 2. The van der Waals surface area contributed by atoms with Crippen LogP contribution in [0.4, 0.5) is 10.1 Å². The number of aromatic nitrogens is 2. The first-order valence-corrected chi connectivity index (χ1v) is 6.29. The minimum atomic E-state index is -1.03. The highest BCUT2D eigenvalue weighted by Gasteiger charge is 2.18. The molecule has 106 valence electrons. The van der Waals surface area contributed by atoms with Gasteiger partial charge in [-0.3, -0.25) is 4.79 Å². The topological polar surface area (TPSA) is 81.1 Å². The summed E-state index contributed by atoms with van der Waals surface area (Å²) in [6.07, 6.45) is 0. The molecule has 3 N–H and O–H groups in total. The average molecular weight is 285 g/mol. The van der Waals surface area contributed by atoms with Crippen LogP contribution < -0.4 is 5.73 Å². The molecule has 5 nitrogen and oxygen atoms in total. The summed E-state index contributed by atoms with van der Waals surface area (Å²) in [6.45, 7) is -0.316. The van der Waals surface area contributed by atoms with Crippen LogP contribution in [-0.4, -0.2) is 20.6 Å². The number of aliphatic carboxylic acids is 1. The molecule has 3 aromatic rings. The number of halogens is 1. The fourth-order valence-electron chi connectivity index (χ4n) is 2.31. The van der Waals surface area contributed by atoms with Gasteiger partial charge in [0.05, 0.1) is 16.8 Å². The number of benzene rings is 2. The molecular formula is C15H12FN3O2. The Labute approximate surface area is 119 Å². The van der Waals surface area contributed by atoms with E-state index in [2.05, 4.69) is 4.98 Å². The molecule has 0 fully saturated rings. The van der Waals surface area contributed by atoms with Crippen molar-refractivity contribution in [3.8, 4) is 11.4 Å². The van der Waals surface area contributed by atoms with Crippen LogP contribution in [0, 0.1) is 5.82 Å². The van der Waals surface area contributed by atoms with Gasteiger partial charge in [0.15, 0.2) is 0 Å². The van der Waals surface area contributed by atoms with Crippen molar-refractivity contribution in [1.29, 1.82) is 0 Å². The molecule has 0 atom stereocenters. The molecular weight excluding hydrogens is 273 g/mol. The van der Waals surface area contributed by atoms with Crippen molar-refractivity contribution in [3.05, 3.63) is 48.3 Å². The van der Waals surface area contributed by atoms with Gasteiger partial charge in [-0.25, -0.2) is 9.37 Å². The standard InChI is InChI=1S/C15H12FN3O2/c16-10-5-2-1-4-9(10)15-18-14-11(17)6-3-7-12(14)19(15)8-13(20)21/h1-7H,8,17H2,(H,20,21). The third-order valence-corrected chi connectivity index (χ3v) is 3.22. The van der Waals surface area contributed by atoms with E-state index in [-0.39, 0.29) is 17.9 Å². The second-order valence-electron chi connectivity index (χ2n) is 4.61. The van der Waals surface area contributed by atoms with Gasteiger partial charge >= 0.3 is 5.97 Å². The van der Waals surface area contributed by atoms with Gasteiger partial charge in [-0.05, 0) is 24.3 Å². The van der Waals surface area contributed by atoms with Crippen molar-refractivity contribution in [1.82, 2.24) is 9.55 Å². The van der Waals surface area contributed by atoms with Gasteiger partial charge in [0.2, 0.25) is 0 Å². The number of carboxylic acid groups (broad SMARTS) is 1. The van der Waals surface area contributed by atoms with E-state index in [1.807, 2.05) is 0 Å². The summed E-state index contributed by atoms with van der Waals surface area (Å²) in [5.41, 5.74) is 7.57. The molecule has 1 aromatic heterocycles. The van der Waals surface area contributed by atoms with Crippen LogP contribution in [0.3, 0.4) is 0 Å². The third kappa shape index (κ3) is 2.20. The van der Waals surface area contributed by atoms with Gasteiger partial charge in [0.25, 0.3) is 0 Å². The summed E-state index contributed by atoms with van der Waals surface area (Å²) in [6, 6.07) is 11.2. The lowest BCUT2D eigenvalue weighted by molar-refractivity contribution is -0.137. The number of carboxylic acids is 1. The molecule has 3 rings (SSSR count). The summed E-state index contributed by atoms with van der Waals surface area (Å²) in [5, 5.41) is 9.08. The monoisotopic (exact) mass is 285 g/mol. The first kappa shape index (κ1) is 13.1. The lowest BCUT2D eigenvalue weighted by Gasteiger charge is -2.07. The zero-order chi connectivity index (χ0) is 15.0. The summed E-state index contributed by atoms with van der Waals surface area (Å²) in [7, 11) is 0. The molecule has 21 heavy (non-hydrogen) atoms. The number of fused-ring (bicyclic) bond motifs is 1. The van der Waals surface area contributed by atoms with Crippen molar-refractivity contribution >= 4 is 22.7 Å². The van der Waals surface area contributed by atoms with Crippen LogP contribution in [0.5, 0.6) is 0 Å². The zero-order valence-corrected chi connectivity index (χ0v) is 11.0. The summed E-state index contributed by atoms with van der Waals surface area (Å²) in [5.74, 6) is -1.24. The third-order valence-electron chi connectivity index (χ3n) is 3.22. The Morgan fingerprint density at radius 2 is 2.00 bits per heavy atom. The molecule has 2 aromatic carbocycles. The first-order chi connectivity index (χ1) is 10.1. The number of carbonyl (C=O) groups is 1. The van der Waals surface area contributed by atoms with E-state index in [1.165, 1.54) is 10.6 Å². The summed E-state index contributed by atoms with van der Waals surface area (Å²) >= 11 is 0.